The number of hydrogen-bond acceptors (Lipinski definition) is 5. The van der Waals surface area contributed by atoms with E-state index in [0.29, 0.717) is 12.8 Å². The molecule has 0 aliphatic carbocycles. The first-order valence-corrected chi connectivity index (χ1v) is 7.62. The van der Waals surface area contributed by atoms with Crippen molar-refractivity contribution in [2.75, 3.05) is 18.0 Å². The molecule has 2 amide bonds. The van der Waals surface area contributed by atoms with E-state index in [4.69, 9.17) is 9.59 Å². The fourth-order valence-corrected chi connectivity index (χ4v) is 3.34. The number of benzene rings is 1. The fourth-order valence-electron chi connectivity index (χ4n) is 3.34. The van der Waals surface area contributed by atoms with Gasteiger partial charge in [0.2, 0.25) is 11.8 Å². The summed E-state index contributed by atoms with van der Waals surface area (Å²) < 4.78 is 0. The molecule has 2 heterocycles. The molecule has 3 rings (SSSR count). The average Bonchev–Trinajstić information content (AvgIpc) is 2.49. The van der Waals surface area contributed by atoms with E-state index >= 15 is 0 Å². The van der Waals surface area contributed by atoms with Gasteiger partial charge in [-0.15, -0.1) is 0 Å². The Hall–Kier alpha value is -2.46. The summed E-state index contributed by atoms with van der Waals surface area (Å²) in [7, 11) is 0. The summed E-state index contributed by atoms with van der Waals surface area (Å²) in [6.07, 6.45) is 3.08. The van der Waals surface area contributed by atoms with Crippen molar-refractivity contribution >= 4 is 23.7 Å². The third-order valence-electron chi connectivity index (χ3n) is 4.57. The summed E-state index contributed by atoms with van der Waals surface area (Å²) >= 11 is 0. The van der Waals surface area contributed by atoms with E-state index < -0.39 is 0 Å². The van der Waals surface area contributed by atoms with Gasteiger partial charge in [0, 0.05) is 31.6 Å². The molecule has 1 N–H and O–H groups in total. The highest BCUT2D eigenvalue weighted by atomic mass is 16.2. The van der Waals surface area contributed by atoms with Crippen LogP contribution in [0.15, 0.2) is 24.3 Å². The van der Waals surface area contributed by atoms with Gasteiger partial charge in [-0.3, -0.25) is 14.9 Å². The molecule has 0 bridgehead atoms. The minimum atomic E-state index is -0.106. The zero-order chi connectivity index (χ0) is 16.9. The van der Waals surface area contributed by atoms with E-state index in [-0.39, 0.29) is 23.4 Å². The molecule has 2 saturated heterocycles. The van der Waals surface area contributed by atoms with Crippen LogP contribution in [0.4, 0.5) is 5.69 Å². The van der Waals surface area contributed by atoms with Crippen molar-refractivity contribution in [3.63, 3.8) is 0 Å². The molecule has 1 aromatic carbocycles. The summed E-state index contributed by atoms with van der Waals surface area (Å²) in [5.41, 5.74) is 2.40. The second-order valence-corrected chi connectivity index (χ2v) is 6.23. The van der Waals surface area contributed by atoms with E-state index in [1.807, 2.05) is 0 Å². The standard InChI is InChI=1S/C16H20N2O2.CO2/c1-12-2-4-13(5-3-12)18-8-6-16(7-9-18)10-14(19)17-15(20)11-16;2-1-3/h2-5H,6-11H2,1H3,(H,17,19,20);. The van der Waals surface area contributed by atoms with Crippen molar-refractivity contribution in [1.82, 2.24) is 5.32 Å². The Morgan fingerprint density at radius 3 is 1.96 bits per heavy atom. The zero-order valence-corrected chi connectivity index (χ0v) is 13.1. The molecule has 0 unspecified atom stereocenters. The van der Waals surface area contributed by atoms with Crippen molar-refractivity contribution in [3.05, 3.63) is 29.8 Å². The minimum Gasteiger partial charge on any atom is -0.371 e. The molecule has 0 saturated carbocycles. The van der Waals surface area contributed by atoms with Crippen molar-refractivity contribution in [1.29, 1.82) is 0 Å². The van der Waals surface area contributed by atoms with Gasteiger partial charge in [-0.05, 0) is 37.3 Å². The number of piperidine rings is 2. The van der Waals surface area contributed by atoms with Crippen LogP contribution in [0, 0.1) is 12.3 Å². The third kappa shape index (κ3) is 4.27. The maximum Gasteiger partial charge on any atom is 0.373 e. The highest BCUT2D eigenvalue weighted by molar-refractivity contribution is 5.98. The Morgan fingerprint density at radius 2 is 1.48 bits per heavy atom. The second-order valence-electron chi connectivity index (χ2n) is 6.23. The van der Waals surface area contributed by atoms with Gasteiger partial charge in [0.15, 0.2) is 0 Å². The van der Waals surface area contributed by atoms with Crippen LogP contribution >= 0.6 is 0 Å². The van der Waals surface area contributed by atoms with Gasteiger partial charge in [0.25, 0.3) is 0 Å². The molecular weight excluding hydrogens is 296 g/mol. The van der Waals surface area contributed by atoms with Crippen LogP contribution in [-0.2, 0) is 19.2 Å². The lowest BCUT2D eigenvalue weighted by Crippen LogP contribution is -2.50. The molecule has 2 aliphatic rings. The van der Waals surface area contributed by atoms with Gasteiger partial charge in [-0.1, -0.05) is 17.7 Å². The second kappa shape index (κ2) is 7.20. The number of hydrogen-bond donors (Lipinski definition) is 1. The largest absolute Gasteiger partial charge is 0.373 e. The SMILES string of the molecule is Cc1ccc(N2CCC3(CC2)CC(=O)NC(=O)C3)cc1.O=C=O. The molecule has 6 nitrogen and oxygen atoms in total. The maximum atomic E-state index is 11.6. The van der Waals surface area contributed by atoms with Crippen LogP contribution in [0.1, 0.15) is 31.2 Å². The summed E-state index contributed by atoms with van der Waals surface area (Å²) in [5, 5.41) is 2.41. The molecule has 1 spiro atoms. The monoisotopic (exact) mass is 316 g/mol. The first kappa shape index (κ1) is 16.9. The van der Waals surface area contributed by atoms with Crippen molar-refractivity contribution < 1.29 is 19.2 Å². The quantitative estimate of drug-likeness (QED) is 0.793. The Bertz CT molecular complexity index is 592. The molecule has 0 aromatic heterocycles. The molecule has 0 atom stereocenters. The third-order valence-corrected chi connectivity index (χ3v) is 4.57. The lowest BCUT2D eigenvalue weighted by molar-refractivity contribution is -0.191. The highest BCUT2D eigenvalue weighted by Gasteiger charge is 2.41. The molecule has 122 valence electrons. The van der Waals surface area contributed by atoms with Crippen molar-refractivity contribution in [2.45, 2.75) is 32.6 Å². The van der Waals surface area contributed by atoms with Crippen molar-refractivity contribution in [2.24, 2.45) is 5.41 Å². The predicted octanol–water partition coefficient (Wildman–Crippen LogP) is 1.43. The maximum absolute atomic E-state index is 11.6. The number of nitrogens with zero attached hydrogens (tertiary/aromatic N) is 1. The summed E-state index contributed by atoms with van der Waals surface area (Å²) in [4.78, 5) is 41.8. The minimum absolute atomic E-state index is 0.0966. The molecular formula is C17H20N2O4. The number of carbonyl (C=O) groups is 2. The summed E-state index contributed by atoms with van der Waals surface area (Å²) in [6, 6.07) is 8.53. The topological polar surface area (TPSA) is 83.6 Å². The lowest BCUT2D eigenvalue weighted by Gasteiger charge is -2.43. The first-order chi connectivity index (χ1) is 11.0. The van der Waals surface area contributed by atoms with E-state index in [0.717, 1.165) is 25.9 Å². The lowest BCUT2D eigenvalue weighted by atomic mass is 9.71. The van der Waals surface area contributed by atoms with Gasteiger partial charge in [0.1, 0.15) is 0 Å². The molecule has 23 heavy (non-hydrogen) atoms. The Kier molecular flexibility index (Phi) is 5.29. The van der Waals surface area contributed by atoms with Crippen LogP contribution in [0.3, 0.4) is 0 Å². The molecule has 2 aliphatic heterocycles. The van der Waals surface area contributed by atoms with Crippen LogP contribution in [0.25, 0.3) is 0 Å². The van der Waals surface area contributed by atoms with Crippen LogP contribution in [0.2, 0.25) is 0 Å². The Balaban J connectivity index is 0.000000595. The highest BCUT2D eigenvalue weighted by Crippen LogP contribution is 2.41. The Labute approximate surface area is 134 Å². The first-order valence-electron chi connectivity index (χ1n) is 7.62. The molecule has 2 fully saturated rings. The molecule has 0 radical (unpaired) electrons. The smallest absolute Gasteiger partial charge is 0.371 e. The van der Waals surface area contributed by atoms with E-state index in [1.165, 1.54) is 11.3 Å². The number of carbonyl (C=O) groups excluding carboxylic acids is 4. The van der Waals surface area contributed by atoms with Crippen LogP contribution in [0.5, 0.6) is 0 Å². The number of rotatable bonds is 1. The average molecular weight is 316 g/mol. The predicted molar refractivity (Wildman–Crippen MR) is 82.4 cm³/mol. The number of amides is 2. The van der Waals surface area contributed by atoms with Crippen LogP contribution in [-0.4, -0.2) is 31.1 Å². The number of anilines is 1. The summed E-state index contributed by atoms with van der Waals surface area (Å²) in [6.45, 7) is 3.93. The van der Waals surface area contributed by atoms with E-state index in [1.54, 1.807) is 0 Å². The van der Waals surface area contributed by atoms with Gasteiger partial charge in [-0.2, -0.15) is 9.59 Å². The summed E-state index contributed by atoms with van der Waals surface area (Å²) in [5.74, 6) is -0.213. The van der Waals surface area contributed by atoms with Gasteiger partial charge >= 0.3 is 6.15 Å². The number of aryl methyl sites for hydroxylation is 1. The zero-order valence-electron chi connectivity index (χ0n) is 13.1. The van der Waals surface area contributed by atoms with Gasteiger partial charge < -0.3 is 4.90 Å². The van der Waals surface area contributed by atoms with E-state index in [9.17, 15) is 9.59 Å². The normalized spacial score (nSPS) is 19.4. The number of nitrogens with one attached hydrogen (secondary N) is 1. The van der Waals surface area contributed by atoms with E-state index in [2.05, 4.69) is 41.4 Å². The fraction of sp³-hybridized carbons (Fsp3) is 0.471. The number of imide groups is 1. The molecule has 6 heteroatoms. The van der Waals surface area contributed by atoms with Gasteiger partial charge in [0.05, 0.1) is 0 Å². The van der Waals surface area contributed by atoms with Gasteiger partial charge in [-0.25, -0.2) is 0 Å². The van der Waals surface area contributed by atoms with Crippen LogP contribution < -0.4 is 10.2 Å². The Morgan fingerprint density at radius 1 is 1.00 bits per heavy atom. The van der Waals surface area contributed by atoms with Crippen molar-refractivity contribution in [3.8, 4) is 0 Å². The molecule has 1 aromatic rings.